The van der Waals surface area contributed by atoms with Crippen LogP contribution < -0.4 is 0 Å². The summed E-state index contributed by atoms with van der Waals surface area (Å²) in [4.78, 5) is 4.81. The second kappa shape index (κ2) is 5.76. The molecule has 0 atom stereocenters. The lowest BCUT2D eigenvalue weighted by Gasteiger charge is -2.25. The van der Waals surface area contributed by atoms with Crippen molar-refractivity contribution in [2.45, 2.75) is 52.0 Å². The molecule has 0 bridgehead atoms. The van der Waals surface area contributed by atoms with Crippen LogP contribution in [0.2, 0.25) is 0 Å². The Morgan fingerprint density at radius 1 is 1.35 bits per heavy atom. The maximum absolute atomic E-state index is 5.94. The van der Waals surface area contributed by atoms with E-state index in [9.17, 15) is 0 Å². The van der Waals surface area contributed by atoms with Crippen molar-refractivity contribution < 1.29 is 0 Å². The van der Waals surface area contributed by atoms with E-state index in [2.05, 4.69) is 16.6 Å². The second-order valence-corrected chi connectivity index (χ2v) is 6.18. The van der Waals surface area contributed by atoms with Crippen LogP contribution in [0.3, 0.4) is 0 Å². The van der Waals surface area contributed by atoms with E-state index in [0.717, 1.165) is 42.3 Å². The van der Waals surface area contributed by atoms with Gasteiger partial charge in [0.15, 0.2) is 5.65 Å². The zero-order chi connectivity index (χ0) is 14.1. The molecular weight excluding hydrogens is 272 g/mol. The molecule has 0 aliphatic heterocycles. The topological polar surface area (TPSA) is 35.6 Å². The summed E-state index contributed by atoms with van der Waals surface area (Å²) < 4.78 is 4.34. The normalized spacial score (nSPS) is 15.9. The smallest absolute Gasteiger partial charge is 0.158 e. The predicted molar refractivity (Wildman–Crippen MR) is 82.3 cm³/mol. The SMILES string of the molecule is CCc1nn(C)c2c1nc(CCCl)n2CCC1CCC1. The van der Waals surface area contributed by atoms with Crippen LogP contribution in [0, 0.1) is 5.92 Å². The first-order chi connectivity index (χ1) is 9.74. The van der Waals surface area contributed by atoms with Crippen LogP contribution in [0.5, 0.6) is 0 Å². The first-order valence-corrected chi connectivity index (χ1v) is 8.25. The molecule has 0 unspecified atom stereocenters. The average Bonchev–Trinajstić information content (AvgIpc) is 2.87. The fourth-order valence-electron chi connectivity index (χ4n) is 3.13. The summed E-state index contributed by atoms with van der Waals surface area (Å²) in [6, 6.07) is 0. The Bertz CT molecular complexity index is 595. The van der Waals surface area contributed by atoms with E-state index >= 15 is 0 Å². The van der Waals surface area contributed by atoms with Gasteiger partial charge in [0.2, 0.25) is 0 Å². The Balaban J connectivity index is 1.96. The molecule has 2 aromatic heterocycles. The lowest BCUT2D eigenvalue weighted by Crippen LogP contribution is -2.16. The molecule has 20 heavy (non-hydrogen) atoms. The molecule has 0 aromatic carbocycles. The molecule has 1 aliphatic carbocycles. The van der Waals surface area contributed by atoms with Gasteiger partial charge in [-0.1, -0.05) is 26.2 Å². The quantitative estimate of drug-likeness (QED) is 0.766. The molecule has 0 N–H and O–H groups in total. The number of aryl methyl sites for hydroxylation is 4. The second-order valence-electron chi connectivity index (χ2n) is 5.80. The monoisotopic (exact) mass is 294 g/mol. The molecule has 0 radical (unpaired) electrons. The standard InChI is InChI=1S/C15H23ClN4/c1-3-12-14-15(19(2)18-12)20(13(17-14)7-9-16)10-8-11-5-4-6-11/h11H,3-10H2,1-2H3. The van der Waals surface area contributed by atoms with Crippen molar-refractivity contribution in [3.8, 4) is 0 Å². The third-order valence-electron chi connectivity index (χ3n) is 4.51. The zero-order valence-electron chi connectivity index (χ0n) is 12.4. The lowest BCUT2D eigenvalue weighted by atomic mass is 9.83. The molecule has 0 saturated heterocycles. The Morgan fingerprint density at radius 2 is 2.15 bits per heavy atom. The molecule has 3 rings (SSSR count). The summed E-state index contributed by atoms with van der Waals surface area (Å²) in [5.41, 5.74) is 3.34. The van der Waals surface area contributed by atoms with Crippen molar-refractivity contribution in [3.63, 3.8) is 0 Å². The van der Waals surface area contributed by atoms with E-state index in [4.69, 9.17) is 16.6 Å². The van der Waals surface area contributed by atoms with Gasteiger partial charge >= 0.3 is 0 Å². The largest absolute Gasteiger partial charge is 0.313 e. The van der Waals surface area contributed by atoms with Crippen LogP contribution in [0.4, 0.5) is 0 Å². The summed E-state index contributed by atoms with van der Waals surface area (Å²) in [5, 5.41) is 4.59. The van der Waals surface area contributed by atoms with Crippen molar-refractivity contribution >= 4 is 22.8 Å². The molecule has 1 fully saturated rings. The minimum atomic E-state index is 0.627. The van der Waals surface area contributed by atoms with Crippen molar-refractivity contribution in [3.05, 3.63) is 11.5 Å². The van der Waals surface area contributed by atoms with E-state index in [1.165, 1.54) is 31.3 Å². The van der Waals surface area contributed by atoms with Gasteiger partial charge in [-0.05, 0) is 18.8 Å². The molecule has 2 heterocycles. The van der Waals surface area contributed by atoms with E-state index in [0.29, 0.717) is 5.88 Å². The fraction of sp³-hybridized carbons (Fsp3) is 0.733. The van der Waals surface area contributed by atoms with E-state index in [1.54, 1.807) is 0 Å². The lowest BCUT2D eigenvalue weighted by molar-refractivity contribution is 0.282. The summed E-state index contributed by atoms with van der Waals surface area (Å²) in [5.74, 6) is 2.66. The number of fused-ring (bicyclic) bond motifs is 1. The van der Waals surface area contributed by atoms with Crippen molar-refractivity contribution in [2.24, 2.45) is 13.0 Å². The number of alkyl halides is 1. The maximum Gasteiger partial charge on any atom is 0.158 e. The fourth-order valence-corrected chi connectivity index (χ4v) is 3.30. The van der Waals surface area contributed by atoms with Crippen LogP contribution >= 0.6 is 11.6 Å². The van der Waals surface area contributed by atoms with Gasteiger partial charge in [0.05, 0.1) is 5.69 Å². The van der Waals surface area contributed by atoms with E-state index in [1.807, 2.05) is 11.7 Å². The Hall–Kier alpha value is -1.03. The van der Waals surface area contributed by atoms with E-state index < -0.39 is 0 Å². The molecule has 0 amide bonds. The molecule has 1 aliphatic rings. The predicted octanol–water partition coefficient (Wildman–Crippen LogP) is 3.30. The maximum atomic E-state index is 5.94. The number of halogens is 1. The van der Waals surface area contributed by atoms with Crippen LogP contribution in [0.25, 0.3) is 11.2 Å². The van der Waals surface area contributed by atoms with Gasteiger partial charge in [-0.2, -0.15) is 5.10 Å². The number of imidazole rings is 1. The highest BCUT2D eigenvalue weighted by Crippen LogP contribution is 2.31. The Labute approximate surface area is 125 Å². The van der Waals surface area contributed by atoms with Crippen molar-refractivity contribution in [2.75, 3.05) is 5.88 Å². The molecule has 4 nitrogen and oxygen atoms in total. The van der Waals surface area contributed by atoms with Gasteiger partial charge in [-0.15, -0.1) is 11.6 Å². The zero-order valence-corrected chi connectivity index (χ0v) is 13.2. The Kier molecular flexibility index (Phi) is 4.01. The molecule has 110 valence electrons. The van der Waals surface area contributed by atoms with Crippen molar-refractivity contribution in [1.29, 1.82) is 0 Å². The highest BCUT2D eigenvalue weighted by Gasteiger charge is 2.21. The number of aromatic nitrogens is 4. The molecular formula is C15H23ClN4. The number of hydrogen-bond donors (Lipinski definition) is 0. The first-order valence-electron chi connectivity index (χ1n) is 7.71. The summed E-state index contributed by atoms with van der Waals surface area (Å²) in [6.07, 6.45) is 7.22. The molecule has 1 saturated carbocycles. The molecule has 0 spiro atoms. The third kappa shape index (κ3) is 2.34. The van der Waals surface area contributed by atoms with Crippen LogP contribution in [-0.4, -0.2) is 25.2 Å². The van der Waals surface area contributed by atoms with Gasteiger partial charge < -0.3 is 4.57 Å². The van der Waals surface area contributed by atoms with Gasteiger partial charge in [-0.25, -0.2) is 4.98 Å². The number of hydrogen-bond acceptors (Lipinski definition) is 2. The minimum absolute atomic E-state index is 0.627. The van der Waals surface area contributed by atoms with Gasteiger partial charge in [0, 0.05) is 25.9 Å². The van der Waals surface area contributed by atoms with Crippen LogP contribution in [0.1, 0.15) is 44.1 Å². The average molecular weight is 295 g/mol. The Morgan fingerprint density at radius 3 is 2.75 bits per heavy atom. The van der Waals surface area contributed by atoms with Gasteiger partial charge in [-0.3, -0.25) is 4.68 Å². The van der Waals surface area contributed by atoms with E-state index in [-0.39, 0.29) is 0 Å². The minimum Gasteiger partial charge on any atom is -0.313 e. The van der Waals surface area contributed by atoms with Gasteiger partial charge in [0.25, 0.3) is 0 Å². The number of rotatable bonds is 6. The molecule has 2 aromatic rings. The van der Waals surface area contributed by atoms with Gasteiger partial charge in [0.1, 0.15) is 11.3 Å². The van der Waals surface area contributed by atoms with Crippen LogP contribution in [0.15, 0.2) is 0 Å². The van der Waals surface area contributed by atoms with Crippen LogP contribution in [-0.2, 0) is 26.4 Å². The highest BCUT2D eigenvalue weighted by molar-refractivity contribution is 6.17. The summed E-state index contributed by atoms with van der Waals surface area (Å²) in [7, 11) is 2.02. The summed E-state index contributed by atoms with van der Waals surface area (Å²) in [6.45, 7) is 3.19. The highest BCUT2D eigenvalue weighted by atomic mass is 35.5. The first kappa shape index (κ1) is 13.9. The van der Waals surface area contributed by atoms with Crippen molar-refractivity contribution in [1.82, 2.24) is 19.3 Å². The number of nitrogens with zero attached hydrogens (tertiary/aromatic N) is 4. The third-order valence-corrected chi connectivity index (χ3v) is 4.70. The summed E-state index contributed by atoms with van der Waals surface area (Å²) >= 11 is 5.94. The molecule has 5 heteroatoms.